The largest absolute Gasteiger partial charge is 0.497 e. The predicted octanol–water partition coefficient (Wildman–Crippen LogP) is 2.51. The van der Waals surface area contributed by atoms with Gasteiger partial charge in [0, 0.05) is 31.5 Å². The van der Waals surface area contributed by atoms with Gasteiger partial charge in [0.2, 0.25) is 5.91 Å². The number of ketones is 1. The predicted molar refractivity (Wildman–Crippen MR) is 94.4 cm³/mol. The number of carbonyl (C=O) groups is 2. The van der Waals surface area contributed by atoms with Gasteiger partial charge >= 0.3 is 0 Å². The van der Waals surface area contributed by atoms with Crippen molar-refractivity contribution >= 4 is 11.7 Å². The third-order valence-corrected chi connectivity index (χ3v) is 4.63. The molecule has 0 aromatic heterocycles. The van der Waals surface area contributed by atoms with Gasteiger partial charge < -0.3 is 15.0 Å². The molecule has 1 saturated heterocycles. The number of amides is 1. The second-order valence-electron chi connectivity index (χ2n) is 6.28. The molecule has 1 N–H and O–H groups in total. The standard InChI is InChI=1S/C19H28N2O3/c1-3-20-14-15-10-12-21(13-11-15)19(23)9-8-18(22)16-4-6-17(24-2)7-5-16/h4-7,15,20H,3,8-14H2,1-2H3. The number of ether oxygens (including phenoxy) is 1. The normalized spacial score (nSPS) is 15.3. The zero-order chi connectivity index (χ0) is 17.4. The second kappa shape index (κ2) is 9.42. The average molecular weight is 332 g/mol. The summed E-state index contributed by atoms with van der Waals surface area (Å²) in [7, 11) is 1.59. The summed E-state index contributed by atoms with van der Waals surface area (Å²) in [6.45, 7) is 5.76. The van der Waals surface area contributed by atoms with Crippen molar-refractivity contribution in [1.29, 1.82) is 0 Å². The molecule has 0 bridgehead atoms. The summed E-state index contributed by atoms with van der Waals surface area (Å²) in [6, 6.07) is 7.03. The number of nitrogens with one attached hydrogen (secondary N) is 1. The molecule has 0 spiro atoms. The van der Waals surface area contributed by atoms with E-state index >= 15 is 0 Å². The first kappa shape index (κ1) is 18.5. The maximum atomic E-state index is 12.3. The van der Waals surface area contributed by atoms with Gasteiger partial charge in [-0.2, -0.15) is 0 Å². The van der Waals surface area contributed by atoms with Crippen LogP contribution >= 0.6 is 0 Å². The van der Waals surface area contributed by atoms with Crippen LogP contribution in [0.1, 0.15) is 43.0 Å². The smallest absolute Gasteiger partial charge is 0.223 e. The lowest BCUT2D eigenvalue weighted by Crippen LogP contribution is -2.40. The Morgan fingerprint density at radius 1 is 1.17 bits per heavy atom. The highest BCUT2D eigenvalue weighted by Crippen LogP contribution is 2.18. The van der Waals surface area contributed by atoms with Gasteiger partial charge in [-0.25, -0.2) is 0 Å². The first-order chi connectivity index (χ1) is 11.6. The summed E-state index contributed by atoms with van der Waals surface area (Å²) < 4.78 is 5.08. The van der Waals surface area contributed by atoms with E-state index in [2.05, 4.69) is 12.2 Å². The summed E-state index contributed by atoms with van der Waals surface area (Å²) in [5.41, 5.74) is 0.632. The molecule has 1 aliphatic rings. The van der Waals surface area contributed by atoms with Crippen LogP contribution < -0.4 is 10.1 Å². The van der Waals surface area contributed by atoms with Crippen LogP contribution in [-0.4, -0.2) is 49.9 Å². The zero-order valence-corrected chi connectivity index (χ0v) is 14.7. The summed E-state index contributed by atoms with van der Waals surface area (Å²) in [4.78, 5) is 26.4. The van der Waals surface area contributed by atoms with E-state index < -0.39 is 0 Å². The van der Waals surface area contributed by atoms with Crippen molar-refractivity contribution in [3.63, 3.8) is 0 Å². The molecule has 1 aromatic rings. The molecule has 0 unspecified atom stereocenters. The van der Waals surface area contributed by atoms with Gasteiger partial charge in [-0.15, -0.1) is 0 Å². The Balaban J connectivity index is 1.73. The monoisotopic (exact) mass is 332 g/mol. The van der Waals surface area contributed by atoms with E-state index in [0.29, 0.717) is 17.9 Å². The number of piperidine rings is 1. The van der Waals surface area contributed by atoms with Crippen LogP contribution in [0.5, 0.6) is 5.75 Å². The molecule has 1 fully saturated rings. The molecule has 1 heterocycles. The number of benzene rings is 1. The number of hydrogen-bond donors (Lipinski definition) is 1. The number of hydrogen-bond acceptors (Lipinski definition) is 4. The number of nitrogens with zero attached hydrogens (tertiary/aromatic N) is 1. The fourth-order valence-corrected chi connectivity index (χ4v) is 3.03. The maximum absolute atomic E-state index is 12.3. The lowest BCUT2D eigenvalue weighted by molar-refractivity contribution is -0.132. The molecule has 0 atom stereocenters. The van der Waals surface area contributed by atoms with Crippen LogP contribution in [0.4, 0.5) is 0 Å². The molecule has 132 valence electrons. The van der Waals surface area contributed by atoms with E-state index in [1.54, 1.807) is 31.4 Å². The SMILES string of the molecule is CCNCC1CCN(C(=O)CCC(=O)c2ccc(OC)cc2)CC1. The minimum atomic E-state index is 0.00744. The van der Waals surface area contributed by atoms with E-state index in [1.807, 2.05) is 4.90 Å². The molecule has 24 heavy (non-hydrogen) atoms. The Hall–Kier alpha value is -1.88. The Morgan fingerprint density at radius 3 is 2.42 bits per heavy atom. The van der Waals surface area contributed by atoms with E-state index in [4.69, 9.17) is 4.74 Å². The van der Waals surface area contributed by atoms with Crippen molar-refractivity contribution in [2.45, 2.75) is 32.6 Å². The van der Waals surface area contributed by atoms with Gasteiger partial charge in [-0.3, -0.25) is 9.59 Å². The minimum Gasteiger partial charge on any atom is -0.497 e. The summed E-state index contributed by atoms with van der Waals surface area (Å²) in [5, 5.41) is 3.37. The third kappa shape index (κ3) is 5.34. The quantitative estimate of drug-likeness (QED) is 0.743. The first-order valence-corrected chi connectivity index (χ1v) is 8.79. The third-order valence-electron chi connectivity index (χ3n) is 4.63. The summed E-state index contributed by atoms with van der Waals surface area (Å²) in [5.74, 6) is 1.49. The molecule has 1 amide bonds. The molecular weight excluding hydrogens is 304 g/mol. The second-order valence-corrected chi connectivity index (χ2v) is 6.28. The van der Waals surface area contributed by atoms with Crippen molar-refractivity contribution in [1.82, 2.24) is 10.2 Å². The highest BCUT2D eigenvalue weighted by atomic mass is 16.5. The lowest BCUT2D eigenvalue weighted by Gasteiger charge is -2.32. The molecule has 2 rings (SSSR count). The number of rotatable bonds is 8. The van der Waals surface area contributed by atoms with Gasteiger partial charge in [0.1, 0.15) is 5.75 Å². The van der Waals surface area contributed by atoms with Gasteiger partial charge in [0.05, 0.1) is 7.11 Å². The van der Waals surface area contributed by atoms with Gasteiger partial charge in [0.25, 0.3) is 0 Å². The summed E-state index contributed by atoms with van der Waals surface area (Å²) in [6.07, 6.45) is 2.65. The Labute approximate surface area is 144 Å². The Morgan fingerprint density at radius 2 is 1.83 bits per heavy atom. The molecule has 5 nitrogen and oxygen atoms in total. The number of carbonyl (C=O) groups excluding carboxylic acids is 2. The molecule has 0 radical (unpaired) electrons. The number of methoxy groups -OCH3 is 1. The molecule has 0 aliphatic carbocycles. The molecular formula is C19H28N2O3. The van der Waals surface area contributed by atoms with Crippen LogP contribution in [0, 0.1) is 5.92 Å². The van der Waals surface area contributed by atoms with E-state index in [1.165, 1.54) is 0 Å². The van der Waals surface area contributed by atoms with Crippen LogP contribution in [0.2, 0.25) is 0 Å². The van der Waals surface area contributed by atoms with Crippen LogP contribution in [0.3, 0.4) is 0 Å². The van der Waals surface area contributed by atoms with Crippen molar-refractivity contribution in [2.75, 3.05) is 33.3 Å². The van der Waals surface area contributed by atoms with Crippen LogP contribution in [0.25, 0.3) is 0 Å². The average Bonchev–Trinajstić information content (AvgIpc) is 2.64. The van der Waals surface area contributed by atoms with Gasteiger partial charge in [-0.1, -0.05) is 6.92 Å². The van der Waals surface area contributed by atoms with Gasteiger partial charge in [-0.05, 0) is 56.1 Å². The van der Waals surface area contributed by atoms with E-state index in [-0.39, 0.29) is 18.1 Å². The van der Waals surface area contributed by atoms with Crippen molar-refractivity contribution in [2.24, 2.45) is 5.92 Å². The maximum Gasteiger partial charge on any atom is 0.223 e. The topological polar surface area (TPSA) is 58.6 Å². The lowest BCUT2D eigenvalue weighted by atomic mass is 9.96. The van der Waals surface area contributed by atoms with Gasteiger partial charge in [0.15, 0.2) is 5.78 Å². The minimum absolute atomic E-state index is 0.00744. The van der Waals surface area contributed by atoms with E-state index in [0.717, 1.165) is 44.8 Å². The highest BCUT2D eigenvalue weighted by Gasteiger charge is 2.22. The first-order valence-electron chi connectivity index (χ1n) is 8.79. The summed E-state index contributed by atoms with van der Waals surface area (Å²) >= 11 is 0. The fraction of sp³-hybridized carbons (Fsp3) is 0.579. The van der Waals surface area contributed by atoms with Crippen molar-refractivity contribution < 1.29 is 14.3 Å². The number of likely N-dealkylation sites (tertiary alicyclic amines) is 1. The molecule has 1 aliphatic heterocycles. The Kier molecular flexibility index (Phi) is 7.25. The van der Waals surface area contributed by atoms with E-state index in [9.17, 15) is 9.59 Å². The zero-order valence-electron chi connectivity index (χ0n) is 14.7. The molecule has 1 aromatic carbocycles. The van der Waals surface area contributed by atoms with Crippen molar-refractivity contribution in [3.8, 4) is 5.75 Å². The molecule has 5 heteroatoms. The fourth-order valence-electron chi connectivity index (χ4n) is 3.03. The van der Waals surface area contributed by atoms with Crippen LogP contribution in [-0.2, 0) is 4.79 Å². The number of Topliss-reactive ketones (excluding diaryl/α,β-unsaturated/α-hetero) is 1. The van der Waals surface area contributed by atoms with Crippen LogP contribution in [0.15, 0.2) is 24.3 Å². The Bertz CT molecular complexity index is 534. The van der Waals surface area contributed by atoms with Crippen molar-refractivity contribution in [3.05, 3.63) is 29.8 Å². The molecule has 0 saturated carbocycles. The highest BCUT2D eigenvalue weighted by molar-refractivity contribution is 5.98.